The topological polar surface area (TPSA) is 125 Å². The Hall–Kier alpha value is -2.65. The largest absolute Gasteiger partial charge is 0.469 e. The Kier molecular flexibility index (Phi) is 4.36. The summed E-state index contributed by atoms with van der Waals surface area (Å²) < 4.78 is 6.55. The van der Waals surface area contributed by atoms with Crippen LogP contribution in [0, 0.1) is 10.1 Å². The first-order valence-corrected chi connectivity index (χ1v) is 6.00. The van der Waals surface area contributed by atoms with Crippen molar-refractivity contribution < 1.29 is 14.5 Å². The van der Waals surface area contributed by atoms with Gasteiger partial charge in [-0.3, -0.25) is 10.2 Å². The number of aromatic nitrogens is 2. The van der Waals surface area contributed by atoms with Gasteiger partial charge in [0.2, 0.25) is 6.73 Å². The highest BCUT2D eigenvalue weighted by molar-refractivity contribution is 6.32. The number of carbonyl (C=O) groups excluding carboxylic acids is 1. The van der Waals surface area contributed by atoms with E-state index in [0.717, 1.165) is 0 Å². The van der Waals surface area contributed by atoms with Crippen molar-refractivity contribution in [1.29, 1.82) is 0 Å². The highest BCUT2D eigenvalue weighted by Gasteiger charge is 2.19. The second kappa shape index (κ2) is 6.20. The first-order valence-electron chi connectivity index (χ1n) is 5.62. The van der Waals surface area contributed by atoms with Gasteiger partial charge in [0, 0.05) is 5.56 Å². The minimum absolute atomic E-state index is 0.0835. The lowest BCUT2D eigenvalue weighted by atomic mass is 10.2. The fraction of sp³-hybridized carbons (Fsp3) is 0.0909. The lowest BCUT2D eigenvalue weighted by Gasteiger charge is -2.05. The van der Waals surface area contributed by atoms with Crippen LogP contribution in [0.1, 0.15) is 10.4 Å². The molecule has 0 fully saturated rings. The van der Waals surface area contributed by atoms with Crippen LogP contribution in [0.3, 0.4) is 0 Å². The normalized spacial score (nSPS) is 10.2. The number of carbonyl (C=O) groups is 1. The van der Waals surface area contributed by atoms with Crippen molar-refractivity contribution in [2.24, 2.45) is 5.84 Å². The van der Waals surface area contributed by atoms with Crippen LogP contribution in [-0.4, -0.2) is 20.6 Å². The van der Waals surface area contributed by atoms with Crippen LogP contribution in [0.2, 0.25) is 5.02 Å². The van der Waals surface area contributed by atoms with Crippen LogP contribution in [0.25, 0.3) is 0 Å². The maximum atomic E-state index is 11.4. The number of hydrogen-bond acceptors (Lipinski definition) is 6. The van der Waals surface area contributed by atoms with E-state index in [4.69, 9.17) is 22.2 Å². The van der Waals surface area contributed by atoms with Crippen LogP contribution >= 0.6 is 11.6 Å². The molecular weight excluding hydrogens is 302 g/mol. The third kappa shape index (κ3) is 3.46. The van der Waals surface area contributed by atoms with Gasteiger partial charge in [-0.15, -0.1) is 4.68 Å². The Morgan fingerprint density at radius 1 is 1.57 bits per heavy atom. The number of nitro groups is 1. The van der Waals surface area contributed by atoms with Crippen molar-refractivity contribution in [2.75, 3.05) is 0 Å². The quantitative estimate of drug-likeness (QED) is 0.368. The molecule has 0 atom stereocenters. The van der Waals surface area contributed by atoms with Crippen LogP contribution in [0.4, 0.5) is 5.82 Å². The van der Waals surface area contributed by atoms with Crippen LogP contribution in [0.15, 0.2) is 30.5 Å². The molecule has 0 unspecified atom stereocenters. The average Bonchev–Trinajstić information content (AvgIpc) is 2.86. The van der Waals surface area contributed by atoms with Crippen LogP contribution in [-0.2, 0) is 6.73 Å². The van der Waals surface area contributed by atoms with Gasteiger partial charge < -0.3 is 14.9 Å². The second-order valence-corrected chi connectivity index (χ2v) is 4.28. The molecule has 0 aliphatic rings. The van der Waals surface area contributed by atoms with E-state index in [-0.39, 0.29) is 11.8 Å². The van der Waals surface area contributed by atoms with E-state index in [9.17, 15) is 14.9 Å². The van der Waals surface area contributed by atoms with Crippen molar-refractivity contribution in [2.45, 2.75) is 6.73 Å². The van der Waals surface area contributed by atoms with E-state index < -0.39 is 16.6 Å². The summed E-state index contributed by atoms with van der Waals surface area (Å²) in [5.74, 6) is 4.51. The zero-order valence-electron chi connectivity index (χ0n) is 10.5. The van der Waals surface area contributed by atoms with Crippen molar-refractivity contribution in [1.82, 2.24) is 15.2 Å². The molecule has 1 aromatic heterocycles. The van der Waals surface area contributed by atoms with Crippen molar-refractivity contribution in [3.8, 4) is 5.75 Å². The fourth-order valence-corrected chi connectivity index (χ4v) is 1.75. The average molecular weight is 312 g/mol. The third-order valence-electron chi connectivity index (χ3n) is 2.46. The zero-order valence-corrected chi connectivity index (χ0v) is 11.3. The van der Waals surface area contributed by atoms with Gasteiger partial charge in [-0.1, -0.05) is 17.7 Å². The zero-order chi connectivity index (χ0) is 15.4. The number of hydrazine groups is 1. The number of nitrogens with one attached hydrogen (secondary N) is 1. The molecule has 0 bridgehead atoms. The van der Waals surface area contributed by atoms with Crippen LogP contribution < -0.4 is 16.0 Å². The third-order valence-corrected chi connectivity index (χ3v) is 2.73. The Morgan fingerprint density at radius 2 is 2.33 bits per heavy atom. The number of ether oxygens (including phenoxy) is 1. The number of hydrogen-bond donors (Lipinski definition) is 2. The van der Waals surface area contributed by atoms with Gasteiger partial charge in [-0.05, 0) is 23.1 Å². The van der Waals surface area contributed by atoms with E-state index in [2.05, 4.69) is 5.10 Å². The Bertz CT molecular complexity index is 687. The number of nitrogens with zero attached hydrogens (tertiary/aromatic N) is 3. The monoisotopic (exact) mass is 311 g/mol. The molecule has 9 nitrogen and oxygen atoms in total. The first-order chi connectivity index (χ1) is 10.0. The molecule has 2 rings (SSSR count). The molecule has 0 aliphatic heterocycles. The highest BCUT2D eigenvalue weighted by Crippen LogP contribution is 2.21. The van der Waals surface area contributed by atoms with Gasteiger partial charge >= 0.3 is 5.82 Å². The van der Waals surface area contributed by atoms with Crippen molar-refractivity contribution >= 4 is 23.3 Å². The number of halogens is 1. The minimum atomic E-state index is -0.689. The van der Waals surface area contributed by atoms with E-state index >= 15 is 0 Å². The number of nitrogen functional groups attached to an aromatic ring is 1. The molecule has 1 aromatic carbocycles. The SMILES string of the molecule is NNC(=O)c1cccc(OCn2cc(Cl)c([N+](=O)[O-])n2)c1. The smallest absolute Gasteiger partial charge is 0.408 e. The molecule has 2 aromatic rings. The summed E-state index contributed by atoms with van der Waals surface area (Å²) in [5.41, 5.74) is 2.32. The summed E-state index contributed by atoms with van der Waals surface area (Å²) in [6.07, 6.45) is 1.27. The van der Waals surface area contributed by atoms with Gasteiger partial charge in [-0.25, -0.2) is 5.84 Å². The molecule has 0 spiro atoms. The summed E-state index contributed by atoms with van der Waals surface area (Å²) in [5, 5.41) is 14.2. The lowest BCUT2D eigenvalue weighted by Crippen LogP contribution is -2.29. The molecule has 1 heterocycles. The molecule has 10 heteroatoms. The predicted molar refractivity (Wildman–Crippen MR) is 72.6 cm³/mol. The summed E-state index contributed by atoms with van der Waals surface area (Å²) in [6.45, 7) is -0.0960. The lowest BCUT2D eigenvalue weighted by molar-refractivity contribution is -0.389. The first kappa shape index (κ1) is 14.8. The number of rotatable bonds is 5. The Balaban J connectivity index is 2.08. The summed E-state index contributed by atoms with van der Waals surface area (Å²) >= 11 is 5.66. The van der Waals surface area contributed by atoms with Gasteiger partial charge in [0.25, 0.3) is 5.91 Å². The van der Waals surface area contributed by atoms with Crippen molar-refractivity contribution in [3.63, 3.8) is 0 Å². The van der Waals surface area contributed by atoms with E-state index in [1.54, 1.807) is 18.2 Å². The minimum Gasteiger partial charge on any atom is -0.469 e. The second-order valence-electron chi connectivity index (χ2n) is 3.87. The maximum absolute atomic E-state index is 11.4. The summed E-state index contributed by atoms with van der Waals surface area (Å²) in [4.78, 5) is 21.3. The molecule has 0 saturated carbocycles. The maximum Gasteiger partial charge on any atom is 0.408 e. The van der Waals surface area contributed by atoms with Gasteiger partial charge in [0.15, 0.2) is 5.02 Å². The Labute approximate surface area is 123 Å². The molecular formula is C11H10ClN5O4. The number of nitrogens with two attached hydrogens (primary N) is 1. The van der Waals surface area contributed by atoms with Crippen LogP contribution in [0.5, 0.6) is 5.75 Å². The predicted octanol–water partition coefficient (Wildman–Crippen LogP) is 1.08. The molecule has 110 valence electrons. The van der Waals surface area contributed by atoms with Gasteiger partial charge in [0.05, 0.1) is 11.3 Å². The standard InChI is InChI=1S/C11H10ClN5O4/c12-9-5-16(15-10(9)17(19)20)6-21-8-3-1-2-7(4-8)11(18)14-13/h1-5H,6,13H2,(H,14,18). The molecule has 0 saturated heterocycles. The van der Waals surface area contributed by atoms with E-state index in [1.165, 1.54) is 16.9 Å². The molecule has 0 aliphatic carbocycles. The van der Waals surface area contributed by atoms with E-state index in [0.29, 0.717) is 11.3 Å². The molecule has 1 amide bonds. The number of benzene rings is 1. The molecule has 21 heavy (non-hydrogen) atoms. The highest BCUT2D eigenvalue weighted by atomic mass is 35.5. The number of amides is 1. The van der Waals surface area contributed by atoms with Gasteiger partial charge in [0.1, 0.15) is 5.75 Å². The Morgan fingerprint density at radius 3 is 2.95 bits per heavy atom. The fourth-order valence-electron chi connectivity index (χ4n) is 1.53. The van der Waals surface area contributed by atoms with Crippen molar-refractivity contribution in [3.05, 3.63) is 51.2 Å². The van der Waals surface area contributed by atoms with E-state index in [1.807, 2.05) is 5.43 Å². The summed E-state index contributed by atoms with van der Waals surface area (Å²) in [6, 6.07) is 6.26. The molecule has 3 N–H and O–H groups in total. The molecule has 0 radical (unpaired) electrons. The van der Waals surface area contributed by atoms with Gasteiger partial charge in [-0.2, -0.15) is 0 Å². The summed E-state index contributed by atoms with van der Waals surface area (Å²) in [7, 11) is 0.